The molecule has 1 saturated heterocycles. The second-order valence-corrected chi connectivity index (χ2v) is 3.81. The van der Waals surface area contributed by atoms with E-state index < -0.39 is 17.2 Å². The molecule has 1 fully saturated rings. The summed E-state index contributed by atoms with van der Waals surface area (Å²) in [6.45, 7) is 1.59. The summed E-state index contributed by atoms with van der Waals surface area (Å²) in [5.41, 5.74) is -0.920. The van der Waals surface area contributed by atoms with E-state index in [0.717, 1.165) is 6.07 Å². The Hall–Kier alpha value is -1.45. The number of hydrogen-bond acceptors (Lipinski definition) is 2. The molecule has 1 heterocycles. The number of rotatable bonds is 1. The Balaban J connectivity index is 2.45. The SMILES string of the molecule is CC1(c2cccc(F)c2F)CCC(=O)O1. The van der Waals surface area contributed by atoms with Gasteiger partial charge < -0.3 is 4.74 Å². The summed E-state index contributed by atoms with van der Waals surface area (Å²) in [5.74, 6) is -2.23. The largest absolute Gasteiger partial charge is 0.454 e. The van der Waals surface area contributed by atoms with Crippen LogP contribution in [-0.4, -0.2) is 5.97 Å². The van der Waals surface area contributed by atoms with Crippen LogP contribution < -0.4 is 0 Å². The van der Waals surface area contributed by atoms with Crippen molar-refractivity contribution in [1.82, 2.24) is 0 Å². The van der Waals surface area contributed by atoms with Gasteiger partial charge in [-0.15, -0.1) is 0 Å². The van der Waals surface area contributed by atoms with Crippen molar-refractivity contribution in [2.45, 2.75) is 25.4 Å². The molecule has 2 rings (SSSR count). The van der Waals surface area contributed by atoms with Gasteiger partial charge in [-0.25, -0.2) is 8.78 Å². The molecule has 1 aromatic carbocycles. The van der Waals surface area contributed by atoms with Gasteiger partial charge in [-0.1, -0.05) is 12.1 Å². The van der Waals surface area contributed by atoms with Crippen molar-refractivity contribution in [2.24, 2.45) is 0 Å². The first-order chi connectivity index (χ1) is 7.03. The molecule has 0 bridgehead atoms. The molecule has 1 aliphatic rings. The first-order valence-electron chi connectivity index (χ1n) is 4.69. The molecular weight excluding hydrogens is 202 g/mol. The van der Waals surface area contributed by atoms with E-state index in [0.29, 0.717) is 6.42 Å². The average Bonchev–Trinajstić information content (AvgIpc) is 2.52. The summed E-state index contributed by atoms with van der Waals surface area (Å²) in [4.78, 5) is 11.0. The van der Waals surface area contributed by atoms with Crippen molar-refractivity contribution >= 4 is 5.97 Å². The standard InChI is InChI=1S/C11H10F2O2/c1-11(6-5-9(14)15-11)7-3-2-4-8(12)10(7)13/h2-4H,5-6H2,1H3. The maximum Gasteiger partial charge on any atom is 0.306 e. The molecule has 0 aliphatic carbocycles. The molecule has 0 aromatic heterocycles. The number of cyclic esters (lactones) is 1. The molecule has 4 heteroatoms. The second-order valence-electron chi connectivity index (χ2n) is 3.81. The Morgan fingerprint density at radius 1 is 1.40 bits per heavy atom. The highest BCUT2D eigenvalue weighted by atomic mass is 19.2. The van der Waals surface area contributed by atoms with Gasteiger partial charge in [0.2, 0.25) is 0 Å². The third-order valence-electron chi connectivity index (χ3n) is 2.67. The number of halogens is 2. The van der Waals surface area contributed by atoms with Gasteiger partial charge in [0.15, 0.2) is 11.6 Å². The lowest BCUT2D eigenvalue weighted by Crippen LogP contribution is -2.23. The van der Waals surface area contributed by atoms with Crippen LogP contribution in [0.4, 0.5) is 8.78 Å². The lowest BCUT2D eigenvalue weighted by molar-refractivity contribution is -0.148. The highest BCUT2D eigenvalue weighted by molar-refractivity contribution is 5.72. The summed E-state index contributed by atoms with van der Waals surface area (Å²) in [5, 5.41) is 0. The molecule has 2 nitrogen and oxygen atoms in total. The molecule has 80 valence electrons. The van der Waals surface area contributed by atoms with Crippen LogP contribution in [0, 0.1) is 11.6 Å². The van der Waals surface area contributed by atoms with E-state index in [1.165, 1.54) is 12.1 Å². The average molecular weight is 212 g/mol. The minimum Gasteiger partial charge on any atom is -0.454 e. The summed E-state index contributed by atoms with van der Waals surface area (Å²) in [6.07, 6.45) is 0.624. The van der Waals surface area contributed by atoms with E-state index in [2.05, 4.69) is 0 Å². The fourth-order valence-electron chi connectivity index (χ4n) is 1.80. The van der Waals surface area contributed by atoms with Gasteiger partial charge in [0.05, 0.1) is 0 Å². The van der Waals surface area contributed by atoms with Crippen LogP contribution in [0.2, 0.25) is 0 Å². The van der Waals surface area contributed by atoms with Crippen molar-refractivity contribution in [1.29, 1.82) is 0 Å². The maximum absolute atomic E-state index is 13.5. The van der Waals surface area contributed by atoms with Crippen LogP contribution in [-0.2, 0) is 15.1 Å². The fraction of sp³-hybridized carbons (Fsp3) is 0.364. The van der Waals surface area contributed by atoms with E-state index in [1.807, 2.05) is 0 Å². The van der Waals surface area contributed by atoms with E-state index >= 15 is 0 Å². The normalized spacial score (nSPS) is 25.4. The number of benzene rings is 1. The van der Waals surface area contributed by atoms with E-state index in [1.54, 1.807) is 6.92 Å². The van der Waals surface area contributed by atoms with Crippen molar-refractivity contribution in [3.63, 3.8) is 0 Å². The van der Waals surface area contributed by atoms with Gasteiger partial charge >= 0.3 is 5.97 Å². The third-order valence-corrected chi connectivity index (χ3v) is 2.67. The van der Waals surface area contributed by atoms with E-state index in [-0.39, 0.29) is 18.0 Å². The van der Waals surface area contributed by atoms with Crippen LogP contribution >= 0.6 is 0 Å². The van der Waals surface area contributed by atoms with Crippen molar-refractivity contribution in [3.8, 4) is 0 Å². The van der Waals surface area contributed by atoms with Crippen LogP contribution in [0.25, 0.3) is 0 Å². The predicted molar refractivity (Wildman–Crippen MR) is 49.0 cm³/mol. The number of ether oxygens (including phenoxy) is 1. The quantitative estimate of drug-likeness (QED) is 0.668. The Bertz CT molecular complexity index is 417. The highest BCUT2D eigenvalue weighted by Crippen LogP contribution is 2.37. The van der Waals surface area contributed by atoms with Crippen LogP contribution in [0.3, 0.4) is 0 Å². The number of carbonyl (C=O) groups is 1. The molecule has 0 spiro atoms. The lowest BCUT2D eigenvalue weighted by Gasteiger charge is -2.23. The Morgan fingerprint density at radius 2 is 2.13 bits per heavy atom. The molecule has 0 N–H and O–H groups in total. The van der Waals surface area contributed by atoms with Crippen LogP contribution in [0.1, 0.15) is 25.3 Å². The summed E-state index contributed by atoms with van der Waals surface area (Å²) in [7, 11) is 0. The van der Waals surface area contributed by atoms with Crippen LogP contribution in [0.15, 0.2) is 18.2 Å². The number of hydrogen-bond donors (Lipinski definition) is 0. The zero-order chi connectivity index (χ0) is 11.1. The van der Waals surface area contributed by atoms with E-state index in [9.17, 15) is 13.6 Å². The molecule has 0 amide bonds. The summed E-state index contributed by atoms with van der Waals surface area (Å²) in [6, 6.07) is 3.89. The minimum absolute atomic E-state index is 0.105. The topological polar surface area (TPSA) is 26.3 Å². The number of carbonyl (C=O) groups excluding carboxylic acids is 1. The Labute approximate surface area is 85.9 Å². The molecule has 0 saturated carbocycles. The molecule has 15 heavy (non-hydrogen) atoms. The van der Waals surface area contributed by atoms with Crippen molar-refractivity contribution in [2.75, 3.05) is 0 Å². The maximum atomic E-state index is 13.5. The zero-order valence-corrected chi connectivity index (χ0v) is 8.22. The smallest absolute Gasteiger partial charge is 0.306 e. The highest BCUT2D eigenvalue weighted by Gasteiger charge is 2.39. The summed E-state index contributed by atoms with van der Waals surface area (Å²) >= 11 is 0. The van der Waals surface area contributed by atoms with Gasteiger partial charge in [-0.3, -0.25) is 4.79 Å². The van der Waals surface area contributed by atoms with Gasteiger partial charge in [0.1, 0.15) is 5.60 Å². The Morgan fingerprint density at radius 3 is 2.73 bits per heavy atom. The molecular formula is C11H10F2O2. The molecule has 0 radical (unpaired) electrons. The van der Waals surface area contributed by atoms with Crippen molar-refractivity contribution < 1.29 is 18.3 Å². The van der Waals surface area contributed by atoms with Gasteiger partial charge in [-0.2, -0.15) is 0 Å². The molecule has 1 atom stereocenters. The predicted octanol–water partition coefficient (Wildman–Crippen LogP) is 2.52. The van der Waals surface area contributed by atoms with Gasteiger partial charge in [0.25, 0.3) is 0 Å². The van der Waals surface area contributed by atoms with Gasteiger partial charge in [0, 0.05) is 18.4 Å². The Kier molecular flexibility index (Phi) is 2.21. The van der Waals surface area contributed by atoms with Gasteiger partial charge in [-0.05, 0) is 13.0 Å². The molecule has 1 unspecified atom stereocenters. The first kappa shape index (κ1) is 10.1. The molecule has 1 aromatic rings. The second kappa shape index (κ2) is 3.29. The number of esters is 1. The third kappa shape index (κ3) is 1.60. The fourth-order valence-corrected chi connectivity index (χ4v) is 1.80. The van der Waals surface area contributed by atoms with E-state index in [4.69, 9.17) is 4.74 Å². The van der Waals surface area contributed by atoms with Crippen molar-refractivity contribution in [3.05, 3.63) is 35.4 Å². The summed E-state index contributed by atoms with van der Waals surface area (Å²) < 4.78 is 31.5. The van der Waals surface area contributed by atoms with Crippen LogP contribution in [0.5, 0.6) is 0 Å². The lowest BCUT2D eigenvalue weighted by atomic mass is 9.92. The monoisotopic (exact) mass is 212 g/mol. The molecule has 1 aliphatic heterocycles. The zero-order valence-electron chi connectivity index (χ0n) is 8.22. The first-order valence-corrected chi connectivity index (χ1v) is 4.69. The minimum atomic E-state index is -1.02.